The third-order valence-electron chi connectivity index (χ3n) is 5.56. The van der Waals surface area contributed by atoms with Gasteiger partial charge in [-0.15, -0.1) is 0 Å². The molecule has 1 aliphatic heterocycles. The lowest BCUT2D eigenvalue weighted by molar-refractivity contribution is -0.384. The number of hydrogen-bond acceptors (Lipinski definition) is 6. The van der Waals surface area contributed by atoms with Crippen molar-refractivity contribution < 1.29 is 14.5 Å². The standard InChI is InChI=1S/C24H26N4O4/c1-16-11-17(2)14-27(13-16)22-10-9-18-5-3-8-21(24(18)26-22)32-15-23(29)25-19-6-4-7-20(12-19)28(30)31/h3-10,12,16-17H,11,13-15H2,1-2H3,(H,25,29). The second-order valence-electron chi connectivity index (χ2n) is 8.49. The Kier molecular flexibility index (Phi) is 6.20. The molecule has 0 aliphatic carbocycles. The van der Waals surface area contributed by atoms with Gasteiger partial charge in [0.05, 0.1) is 4.92 Å². The van der Waals surface area contributed by atoms with Crippen LogP contribution in [0.5, 0.6) is 5.75 Å². The number of nitro benzene ring substituents is 1. The van der Waals surface area contributed by atoms with Gasteiger partial charge >= 0.3 is 0 Å². The van der Waals surface area contributed by atoms with E-state index in [4.69, 9.17) is 9.72 Å². The van der Waals surface area contributed by atoms with Crippen molar-refractivity contribution in [1.29, 1.82) is 0 Å². The fourth-order valence-electron chi connectivity index (χ4n) is 4.29. The number of carbonyl (C=O) groups is 1. The molecule has 2 atom stereocenters. The Labute approximate surface area is 186 Å². The molecule has 1 aromatic heterocycles. The Hall–Kier alpha value is -3.68. The number of non-ortho nitro benzene ring substituents is 1. The van der Waals surface area contributed by atoms with Gasteiger partial charge in [-0.1, -0.05) is 32.0 Å². The fraction of sp³-hybridized carbons (Fsp3) is 0.333. The van der Waals surface area contributed by atoms with E-state index >= 15 is 0 Å². The second kappa shape index (κ2) is 9.21. The number of nitrogens with one attached hydrogen (secondary N) is 1. The molecule has 8 nitrogen and oxygen atoms in total. The number of hydrogen-bond donors (Lipinski definition) is 1. The maximum absolute atomic E-state index is 12.4. The van der Waals surface area contributed by atoms with E-state index in [0.29, 0.717) is 28.8 Å². The number of rotatable bonds is 6. The average molecular weight is 434 g/mol. The number of benzene rings is 2. The first-order valence-electron chi connectivity index (χ1n) is 10.7. The van der Waals surface area contributed by atoms with Crippen LogP contribution in [0.25, 0.3) is 10.9 Å². The number of amides is 1. The average Bonchev–Trinajstić information content (AvgIpc) is 2.76. The zero-order chi connectivity index (χ0) is 22.7. The van der Waals surface area contributed by atoms with E-state index in [0.717, 1.165) is 24.3 Å². The fourth-order valence-corrected chi connectivity index (χ4v) is 4.29. The van der Waals surface area contributed by atoms with Gasteiger partial charge < -0.3 is 15.0 Å². The summed E-state index contributed by atoms with van der Waals surface area (Å²) in [7, 11) is 0. The minimum atomic E-state index is -0.505. The molecule has 32 heavy (non-hydrogen) atoms. The first kappa shape index (κ1) is 21.5. The van der Waals surface area contributed by atoms with Gasteiger partial charge in [-0.05, 0) is 42.5 Å². The molecule has 166 valence electrons. The minimum absolute atomic E-state index is 0.0872. The Morgan fingerprint density at radius 2 is 1.91 bits per heavy atom. The van der Waals surface area contributed by atoms with Crippen molar-refractivity contribution >= 4 is 34.0 Å². The van der Waals surface area contributed by atoms with Crippen molar-refractivity contribution in [2.24, 2.45) is 11.8 Å². The summed E-state index contributed by atoms with van der Waals surface area (Å²) in [6, 6.07) is 15.5. The van der Waals surface area contributed by atoms with Gasteiger partial charge in [0.1, 0.15) is 17.1 Å². The predicted octanol–water partition coefficient (Wildman–Crippen LogP) is 4.64. The monoisotopic (exact) mass is 434 g/mol. The molecule has 2 unspecified atom stereocenters. The number of aromatic nitrogens is 1. The normalized spacial score (nSPS) is 18.4. The van der Waals surface area contributed by atoms with E-state index in [1.54, 1.807) is 12.1 Å². The summed E-state index contributed by atoms with van der Waals surface area (Å²) in [4.78, 5) is 29.9. The first-order chi connectivity index (χ1) is 15.4. The lowest BCUT2D eigenvalue weighted by Crippen LogP contribution is -2.39. The van der Waals surface area contributed by atoms with E-state index in [9.17, 15) is 14.9 Å². The molecule has 8 heteroatoms. The van der Waals surface area contributed by atoms with E-state index in [2.05, 4.69) is 24.1 Å². The van der Waals surface area contributed by atoms with Crippen LogP contribution in [0.15, 0.2) is 54.6 Å². The van der Waals surface area contributed by atoms with Crippen LogP contribution in [0.1, 0.15) is 20.3 Å². The van der Waals surface area contributed by atoms with Gasteiger partial charge in [0.25, 0.3) is 11.6 Å². The van der Waals surface area contributed by atoms with Crippen LogP contribution in [0.3, 0.4) is 0 Å². The highest BCUT2D eigenvalue weighted by Gasteiger charge is 2.23. The summed E-state index contributed by atoms with van der Waals surface area (Å²) in [6.45, 7) is 6.23. The molecule has 2 heterocycles. The predicted molar refractivity (Wildman–Crippen MR) is 124 cm³/mol. The maximum Gasteiger partial charge on any atom is 0.271 e. The number of nitrogens with zero attached hydrogens (tertiary/aromatic N) is 3. The van der Waals surface area contributed by atoms with Gasteiger partial charge in [0.15, 0.2) is 6.61 Å². The van der Waals surface area contributed by atoms with Crippen LogP contribution in [0.2, 0.25) is 0 Å². The van der Waals surface area contributed by atoms with Crippen molar-refractivity contribution in [2.75, 3.05) is 29.9 Å². The van der Waals surface area contributed by atoms with Gasteiger partial charge in [0, 0.05) is 36.3 Å². The molecule has 0 spiro atoms. The number of pyridine rings is 1. The van der Waals surface area contributed by atoms with Gasteiger partial charge in [-0.25, -0.2) is 4.98 Å². The highest BCUT2D eigenvalue weighted by Crippen LogP contribution is 2.30. The third kappa shape index (κ3) is 4.96. The quantitative estimate of drug-likeness (QED) is 0.448. The van der Waals surface area contributed by atoms with Crippen molar-refractivity contribution in [3.8, 4) is 5.75 Å². The molecular weight excluding hydrogens is 408 g/mol. The van der Waals surface area contributed by atoms with Crippen molar-refractivity contribution in [3.05, 3.63) is 64.7 Å². The Morgan fingerprint density at radius 3 is 2.66 bits per heavy atom. The molecule has 1 N–H and O–H groups in total. The van der Waals surface area contributed by atoms with Crippen molar-refractivity contribution in [3.63, 3.8) is 0 Å². The van der Waals surface area contributed by atoms with E-state index in [1.165, 1.54) is 24.6 Å². The van der Waals surface area contributed by atoms with Crippen LogP contribution in [0, 0.1) is 22.0 Å². The smallest absolute Gasteiger partial charge is 0.271 e. The molecule has 1 aliphatic rings. The SMILES string of the molecule is CC1CC(C)CN(c2ccc3cccc(OCC(=O)Nc4cccc([N+](=O)[O-])c4)c3n2)C1. The zero-order valence-corrected chi connectivity index (χ0v) is 18.2. The van der Waals surface area contributed by atoms with E-state index in [1.807, 2.05) is 24.3 Å². The Morgan fingerprint density at radius 1 is 1.16 bits per heavy atom. The number of anilines is 2. The molecule has 1 amide bonds. The van der Waals surface area contributed by atoms with Crippen LogP contribution >= 0.6 is 0 Å². The van der Waals surface area contributed by atoms with Crippen LogP contribution in [-0.2, 0) is 4.79 Å². The van der Waals surface area contributed by atoms with Crippen LogP contribution in [0.4, 0.5) is 17.2 Å². The van der Waals surface area contributed by atoms with E-state index < -0.39 is 10.8 Å². The zero-order valence-electron chi connectivity index (χ0n) is 18.2. The minimum Gasteiger partial charge on any atom is -0.481 e. The Bertz CT molecular complexity index is 1140. The highest BCUT2D eigenvalue weighted by atomic mass is 16.6. The summed E-state index contributed by atoms with van der Waals surface area (Å²) < 4.78 is 5.79. The van der Waals surface area contributed by atoms with Crippen LogP contribution < -0.4 is 15.0 Å². The highest BCUT2D eigenvalue weighted by molar-refractivity contribution is 5.93. The summed E-state index contributed by atoms with van der Waals surface area (Å²) in [5, 5.41) is 14.5. The first-order valence-corrected chi connectivity index (χ1v) is 10.7. The summed E-state index contributed by atoms with van der Waals surface area (Å²) in [5.74, 6) is 2.25. The maximum atomic E-state index is 12.4. The molecule has 0 radical (unpaired) electrons. The number of piperidine rings is 1. The Balaban J connectivity index is 1.48. The number of nitro groups is 1. The molecule has 1 fully saturated rings. The summed E-state index contributed by atoms with van der Waals surface area (Å²) in [6.07, 6.45) is 1.22. The molecule has 2 aromatic carbocycles. The van der Waals surface area contributed by atoms with E-state index in [-0.39, 0.29) is 12.3 Å². The lowest BCUT2D eigenvalue weighted by Gasteiger charge is -2.35. The lowest BCUT2D eigenvalue weighted by atomic mass is 9.92. The summed E-state index contributed by atoms with van der Waals surface area (Å²) in [5.41, 5.74) is 0.967. The second-order valence-corrected chi connectivity index (χ2v) is 8.49. The summed E-state index contributed by atoms with van der Waals surface area (Å²) >= 11 is 0. The van der Waals surface area contributed by atoms with Crippen molar-refractivity contribution in [2.45, 2.75) is 20.3 Å². The molecular formula is C24H26N4O4. The van der Waals surface area contributed by atoms with Gasteiger partial charge in [0.2, 0.25) is 0 Å². The number of fused-ring (bicyclic) bond motifs is 1. The van der Waals surface area contributed by atoms with Gasteiger partial charge in [-0.2, -0.15) is 0 Å². The topological polar surface area (TPSA) is 97.6 Å². The number of carbonyl (C=O) groups excluding carboxylic acids is 1. The molecule has 3 aromatic rings. The third-order valence-corrected chi connectivity index (χ3v) is 5.56. The van der Waals surface area contributed by atoms with Crippen LogP contribution in [-0.4, -0.2) is 35.5 Å². The van der Waals surface area contributed by atoms with Crippen molar-refractivity contribution in [1.82, 2.24) is 4.98 Å². The number of para-hydroxylation sites is 1. The van der Waals surface area contributed by atoms with Gasteiger partial charge in [-0.3, -0.25) is 14.9 Å². The molecule has 1 saturated heterocycles. The molecule has 4 rings (SSSR count). The largest absolute Gasteiger partial charge is 0.481 e. The molecule has 0 bridgehead atoms. The molecule has 0 saturated carbocycles. The number of ether oxygens (including phenoxy) is 1.